The molecule has 0 aliphatic heterocycles. The first-order chi connectivity index (χ1) is 6.43. The summed E-state index contributed by atoms with van der Waals surface area (Å²) in [5.74, 6) is -1.11. The summed E-state index contributed by atoms with van der Waals surface area (Å²) < 4.78 is 15.5. The molecule has 0 bridgehead atoms. The number of carbonyl (C=O) groups is 1. The summed E-state index contributed by atoms with van der Waals surface area (Å²) in [6.45, 7) is 9.74. The van der Waals surface area contributed by atoms with E-state index in [0.29, 0.717) is 13.2 Å². The lowest BCUT2D eigenvalue weighted by molar-refractivity contribution is -0.236. The van der Waals surface area contributed by atoms with Gasteiger partial charge in [-0.05, 0) is 34.6 Å². The van der Waals surface area contributed by atoms with Crippen LogP contribution in [0.4, 0.5) is 0 Å². The first-order valence-electron chi connectivity index (χ1n) is 4.91. The lowest BCUT2D eigenvalue weighted by atomic mass is 10.3. The Hall–Kier alpha value is -0.610. The molecule has 0 radical (unpaired) electrons. The van der Waals surface area contributed by atoms with Crippen LogP contribution in [0.15, 0.2) is 0 Å². The quantitative estimate of drug-likeness (QED) is 0.488. The van der Waals surface area contributed by atoms with Gasteiger partial charge in [0.1, 0.15) is 0 Å². The summed E-state index contributed by atoms with van der Waals surface area (Å²) in [7, 11) is 0. The minimum atomic E-state index is -0.749. The van der Waals surface area contributed by atoms with E-state index >= 15 is 0 Å². The van der Waals surface area contributed by atoms with Crippen molar-refractivity contribution in [2.45, 2.75) is 46.5 Å². The fraction of sp³-hybridized carbons (Fsp3) is 0.900. The molecule has 4 nitrogen and oxygen atoms in total. The highest BCUT2D eigenvalue weighted by Gasteiger charge is 2.26. The Morgan fingerprint density at radius 1 is 1.29 bits per heavy atom. The van der Waals surface area contributed by atoms with Crippen molar-refractivity contribution in [2.24, 2.45) is 0 Å². The van der Waals surface area contributed by atoms with E-state index in [2.05, 4.69) is 0 Å². The van der Waals surface area contributed by atoms with Gasteiger partial charge in [-0.15, -0.1) is 0 Å². The topological polar surface area (TPSA) is 44.8 Å². The highest BCUT2D eigenvalue weighted by molar-refractivity contribution is 5.74. The van der Waals surface area contributed by atoms with Crippen molar-refractivity contribution in [2.75, 3.05) is 13.2 Å². The summed E-state index contributed by atoms with van der Waals surface area (Å²) in [6.07, 6.45) is -0.600. The van der Waals surface area contributed by atoms with E-state index in [-0.39, 0.29) is 5.97 Å². The van der Waals surface area contributed by atoms with Crippen LogP contribution >= 0.6 is 0 Å². The maximum atomic E-state index is 11.2. The third kappa shape index (κ3) is 5.19. The highest BCUT2D eigenvalue weighted by Crippen LogP contribution is 2.14. The number of rotatable bonds is 6. The molecule has 0 amide bonds. The first-order valence-corrected chi connectivity index (χ1v) is 4.91. The zero-order valence-electron chi connectivity index (χ0n) is 9.62. The molecule has 0 fully saturated rings. The number of carbonyl (C=O) groups excluding carboxylic acids is 1. The summed E-state index contributed by atoms with van der Waals surface area (Å²) in [6, 6.07) is 0. The zero-order valence-corrected chi connectivity index (χ0v) is 9.62. The van der Waals surface area contributed by atoms with Gasteiger partial charge in [-0.25, -0.2) is 4.79 Å². The van der Waals surface area contributed by atoms with Crippen LogP contribution in [0, 0.1) is 0 Å². The second kappa shape index (κ2) is 5.98. The molecule has 0 N–H and O–H groups in total. The summed E-state index contributed by atoms with van der Waals surface area (Å²) in [5.41, 5.74) is 0. The molecule has 84 valence electrons. The van der Waals surface area contributed by atoms with Crippen molar-refractivity contribution in [1.82, 2.24) is 0 Å². The van der Waals surface area contributed by atoms with Gasteiger partial charge in [-0.3, -0.25) is 0 Å². The second-order valence-corrected chi connectivity index (χ2v) is 3.34. The number of hydrogen-bond donors (Lipinski definition) is 0. The van der Waals surface area contributed by atoms with Crippen LogP contribution in [0.2, 0.25) is 0 Å². The molecule has 0 aliphatic rings. The molecule has 0 aromatic carbocycles. The van der Waals surface area contributed by atoms with Crippen molar-refractivity contribution < 1.29 is 19.0 Å². The molecule has 0 saturated heterocycles. The molecule has 0 saturated carbocycles. The Morgan fingerprint density at radius 2 is 1.86 bits per heavy atom. The fourth-order valence-electron chi connectivity index (χ4n) is 1.12. The molecule has 0 aliphatic carbocycles. The van der Waals surface area contributed by atoms with Crippen LogP contribution in [-0.2, 0) is 19.0 Å². The molecular formula is C10H20O4. The third-order valence-corrected chi connectivity index (χ3v) is 1.57. The van der Waals surface area contributed by atoms with E-state index < -0.39 is 11.9 Å². The maximum Gasteiger partial charge on any atom is 0.335 e. The van der Waals surface area contributed by atoms with Crippen LogP contribution in [0.1, 0.15) is 34.6 Å². The van der Waals surface area contributed by atoms with Crippen LogP contribution < -0.4 is 0 Å². The first kappa shape index (κ1) is 13.4. The van der Waals surface area contributed by atoms with Crippen molar-refractivity contribution >= 4 is 5.97 Å². The average Bonchev–Trinajstić information content (AvgIpc) is 2.03. The van der Waals surface area contributed by atoms with E-state index in [9.17, 15) is 4.79 Å². The van der Waals surface area contributed by atoms with Crippen LogP contribution in [-0.4, -0.2) is 31.1 Å². The summed E-state index contributed by atoms with van der Waals surface area (Å²) >= 11 is 0. The van der Waals surface area contributed by atoms with Gasteiger partial charge in [0.2, 0.25) is 0 Å². The molecule has 1 unspecified atom stereocenters. The smallest absolute Gasteiger partial charge is 0.335 e. The minimum Gasteiger partial charge on any atom is -0.464 e. The van der Waals surface area contributed by atoms with Gasteiger partial charge in [0.15, 0.2) is 11.9 Å². The molecule has 0 aromatic heterocycles. The van der Waals surface area contributed by atoms with Gasteiger partial charge in [0.25, 0.3) is 0 Å². The van der Waals surface area contributed by atoms with Crippen molar-refractivity contribution in [3.8, 4) is 0 Å². The Labute approximate surface area is 85.5 Å². The van der Waals surface area contributed by atoms with Crippen LogP contribution in [0.5, 0.6) is 0 Å². The SMILES string of the molecule is CCOC(=O)C(C)OC(C)(C)OCC. The number of esters is 1. The van der Waals surface area contributed by atoms with Crippen LogP contribution in [0.25, 0.3) is 0 Å². The van der Waals surface area contributed by atoms with Crippen molar-refractivity contribution in [3.63, 3.8) is 0 Å². The summed E-state index contributed by atoms with van der Waals surface area (Å²) in [4.78, 5) is 11.2. The fourth-order valence-corrected chi connectivity index (χ4v) is 1.12. The van der Waals surface area contributed by atoms with Gasteiger partial charge in [-0.2, -0.15) is 0 Å². The second-order valence-electron chi connectivity index (χ2n) is 3.34. The maximum absolute atomic E-state index is 11.2. The lowest BCUT2D eigenvalue weighted by Gasteiger charge is -2.27. The Kier molecular flexibility index (Phi) is 5.72. The molecule has 0 aromatic rings. The number of ether oxygens (including phenoxy) is 3. The predicted octanol–water partition coefficient (Wildman–Crippen LogP) is 1.73. The van der Waals surface area contributed by atoms with Crippen LogP contribution in [0.3, 0.4) is 0 Å². The molecule has 1 atom stereocenters. The van der Waals surface area contributed by atoms with Gasteiger partial charge in [0, 0.05) is 6.61 Å². The Bertz CT molecular complexity index is 177. The normalized spacial score (nSPS) is 13.8. The van der Waals surface area contributed by atoms with Gasteiger partial charge >= 0.3 is 5.97 Å². The average molecular weight is 204 g/mol. The third-order valence-electron chi connectivity index (χ3n) is 1.57. The van der Waals surface area contributed by atoms with Gasteiger partial charge < -0.3 is 14.2 Å². The standard InChI is InChI=1S/C10H20O4/c1-6-12-9(11)8(3)14-10(4,5)13-7-2/h8H,6-7H2,1-5H3. The molecule has 0 spiro atoms. The van der Waals surface area contributed by atoms with E-state index in [1.54, 1.807) is 27.7 Å². The lowest BCUT2D eigenvalue weighted by Crippen LogP contribution is -2.36. The monoisotopic (exact) mass is 204 g/mol. The molecule has 0 rings (SSSR count). The molecule has 14 heavy (non-hydrogen) atoms. The van der Waals surface area contributed by atoms with E-state index in [1.165, 1.54) is 0 Å². The largest absolute Gasteiger partial charge is 0.464 e. The minimum absolute atomic E-state index is 0.361. The molecule has 0 heterocycles. The van der Waals surface area contributed by atoms with E-state index in [0.717, 1.165) is 0 Å². The van der Waals surface area contributed by atoms with Crippen molar-refractivity contribution in [1.29, 1.82) is 0 Å². The van der Waals surface area contributed by atoms with Crippen molar-refractivity contribution in [3.05, 3.63) is 0 Å². The Morgan fingerprint density at radius 3 is 2.29 bits per heavy atom. The van der Waals surface area contributed by atoms with Gasteiger partial charge in [-0.1, -0.05) is 0 Å². The molecular weight excluding hydrogens is 184 g/mol. The number of hydrogen-bond acceptors (Lipinski definition) is 4. The zero-order chi connectivity index (χ0) is 11.2. The predicted molar refractivity (Wildman–Crippen MR) is 52.9 cm³/mol. The molecule has 4 heteroatoms. The highest BCUT2D eigenvalue weighted by atomic mass is 16.7. The van der Waals surface area contributed by atoms with E-state index in [1.807, 2.05) is 6.92 Å². The summed E-state index contributed by atoms with van der Waals surface area (Å²) in [5, 5.41) is 0. The van der Waals surface area contributed by atoms with E-state index in [4.69, 9.17) is 14.2 Å². The van der Waals surface area contributed by atoms with Gasteiger partial charge in [0.05, 0.1) is 6.61 Å². The Balaban J connectivity index is 4.03.